The lowest BCUT2D eigenvalue weighted by Gasteiger charge is -2.35. The molecule has 0 radical (unpaired) electrons. The molecule has 1 atom stereocenters. The van der Waals surface area contributed by atoms with Gasteiger partial charge in [0.2, 0.25) is 6.10 Å². The lowest BCUT2D eigenvalue weighted by atomic mass is 10.1. The average Bonchev–Trinajstić information content (AvgIpc) is 2.65. The fraction of sp³-hybridized carbons (Fsp3) is 0.176. The van der Waals surface area contributed by atoms with Crippen molar-refractivity contribution in [1.29, 1.82) is 5.26 Å². The number of para-hydroxylation sites is 2. The number of non-ortho nitro benzene ring substituents is 1. The van der Waals surface area contributed by atoms with Crippen molar-refractivity contribution in [2.45, 2.75) is 6.10 Å². The standard InChI is InChI=1S/C17H13N3O5/c1-24-17(21)16-10-19(14-4-2-3-5-15(14)25-16)13-7-6-12(20(22)23)8-11(13)9-18/h2-8,16H,10H2,1H3/t16-/m0/s1. The first-order chi connectivity index (χ1) is 12.0. The molecule has 0 saturated carbocycles. The Morgan fingerprint density at radius 2 is 2.12 bits per heavy atom. The molecule has 0 spiro atoms. The number of anilines is 2. The summed E-state index contributed by atoms with van der Waals surface area (Å²) in [6, 6.07) is 13.0. The summed E-state index contributed by atoms with van der Waals surface area (Å²) in [6.07, 6.45) is -0.873. The number of ether oxygens (including phenoxy) is 2. The van der Waals surface area contributed by atoms with Gasteiger partial charge in [-0.25, -0.2) is 4.79 Å². The van der Waals surface area contributed by atoms with Crippen LogP contribution in [0.15, 0.2) is 42.5 Å². The molecule has 0 bridgehead atoms. The van der Waals surface area contributed by atoms with Crippen molar-refractivity contribution in [2.75, 3.05) is 18.6 Å². The molecule has 0 unspecified atom stereocenters. The molecule has 2 aromatic carbocycles. The number of hydrogen-bond donors (Lipinski definition) is 0. The summed E-state index contributed by atoms with van der Waals surface area (Å²) in [5.74, 6) is -0.0775. The first-order valence-corrected chi connectivity index (χ1v) is 7.34. The maximum atomic E-state index is 11.9. The van der Waals surface area contributed by atoms with Crippen molar-refractivity contribution in [3.8, 4) is 11.8 Å². The van der Waals surface area contributed by atoms with Gasteiger partial charge in [-0.1, -0.05) is 12.1 Å². The third-order valence-corrected chi connectivity index (χ3v) is 3.84. The van der Waals surface area contributed by atoms with E-state index in [0.717, 1.165) is 0 Å². The predicted octanol–water partition coefficient (Wildman–Crippen LogP) is 2.54. The molecule has 3 rings (SSSR count). The predicted molar refractivity (Wildman–Crippen MR) is 87.7 cm³/mol. The van der Waals surface area contributed by atoms with Gasteiger partial charge in [0.15, 0.2) is 0 Å². The number of carbonyl (C=O) groups excluding carboxylic acids is 1. The van der Waals surface area contributed by atoms with Crippen LogP contribution in [0.4, 0.5) is 17.1 Å². The summed E-state index contributed by atoms with van der Waals surface area (Å²) in [7, 11) is 1.27. The van der Waals surface area contributed by atoms with E-state index in [-0.39, 0.29) is 17.8 Å². The fourth-order valence-corrected chi connectivity index (χ4v) is 2.68. The van der Waals surface area contributed by atoms with Gasteiger partial charge < -0.3 is 14.4 Å². The first kappa shape index (κ1) is 16.3. The lowest BCUT2D eigenvalue weighted by molar-refractivity contribution is -0.384. The molecule has 8 nitrogen and oxygen atoms in total. The van der Waals surface area contributed by atoms with Crippen LogP contribution < -0.4 is 9.64 Å². The zero-order valence-corrected chi connectivity index (χ0v) is 13.2. The van der Waals surface area contributed by atoms with E-state index in [9.17, 15) is 20.2 Å². The Labute approximate surface area is 143 Å². The molecule has 0 amide bonds. The Morgan fingerprint density at radius 1 is 1.36 bits per heavy atom. The largest absolute Gasteiger partial charge is 0.475 e. The number of hydrogen-bond acceptors (Lipinski definition) is 7. The Morgan fingerprint density at radius 3 is 2.80 bits per heavy atom. The van der Waals surface area contributed by atoms with E-state index in [1.165, 1.54) is 25.3 Å². The number of nitriles is 1. The highest BCUT2D eigenvalue weighted by atomic mass is 16.6. The number of benzene rings is 2. The number of rotatable bonds is 3. The summed E-state index contributed by atoms with van der Waals surface area (Å²) in [5.41, 5.74) is 1.08. The van der Waals surface area contributed by atoms with Gasteiger partial charge in [0.05, 0.1) is 35.5 Å². The van der Waals surface area contributed by atoms with Gasteiger partial charge in [0.25, 0.3) is 5.69 Å². The SMILES string of the molecule is COC(=O)[C@@H]1CN(c2ccc([N+](=O)[O-])cc2C#N)c2ccccc2O1. The minimum atomic E-state index is -0.873. The molecule has 0 fully saturated rings. The normalized spacial score (nSPS) is 15.5. The summed E-state index contributed by atoms with van der Waals surface area (Å²) >= 11 is 0. The molecule has 2 aromatic rings. The van der Waals surface area contributed by atoms with E-state index in [1.807, 2.05) is 6.07 Å². The first-order valence-electron chi connectivity index (χ1n) is 7.34. The molecule has 1 heterocycles. The van der Waals surface area contributed by atoms with Crippen LogP contribution >= 0.6 is 0 Å². The smallest absolute Gasteiger partial charge is 0.348 e. The maximum absolute atomic E-state index is 11.9. The van der Waals surface area contributed by atoms with Gasteiger partial charge in [0.1, 0.15) is 11.8 Å². The monoisotopic (exact) mass is 339 g/mol. The number of methoxy groups -OCH3 is 1. The number of esters is 1. The second-order valence-corrected chi connectivity index (χ2v) is 5.28. The van der Waals surface area contributed by atoms with Crippen LogP contribution in [0.3, 0.4) is 0 Å². The van der Waals surface area contributed by atoms with Crippen molar-refractivity contribution < 1.29 is 19.2 Å². The highest BCUT2D eigenvalue weighted by Gasteiger charge is 2.33. The molecule has 1 aliphatic rings. The quantitative estimate of drug-likeness (QED) is 0.480. The van der Waals surface area contributed by atoms with Gasteiger partial charge in [-0.15, -0.1) is 0 Å². The van der Waals surface area contributed by atoms with E-state index >= 15 is 0 Å². The summed E-state index contributed by atoms with van der Waals surface area (Å²) in [4.78, 5) is 24.0. The number of fused-ring (bicyclic) bond motifs is 1. The third kappa shape index (κ3) is 2.95. The molecule has 126 valence electrons. The molecule has 0 aromatic heterocycles. The van der Waals surface area contributed by atoms with Crippen LogP contribution in [-0.2, 0) is 9.53 Å². The van der Waals surface area contributed by atoms with E-state index in [2.05, 4.69) is 0 Å². The van der Waals surface area contributed by atoms with E-state index < -0.39 is 17.0 Å². The third-order valence-electron chi connectivity index (χ3n) is 3.84. The van der Waals surface area contributed by atoms with E-state index in [1.54, 1.807) is 29.2 Å². The van der Waals surface area contributed by atoms with Gasteiger partial charge >= 0.3 is 5.97 Å². The van der Waals surface area contributed by atoms with Crippen LogP contribution in [0.25, 0.3) is 0 Å². The average molecular weight is 339 g/mol. The number of nitro benzene ring substituents is 1. The molecule has 25 heavy (non-hydrogen) atoms. The van der Waals surface area contributed by atoms with Gasteiger partial charge in [-0.3, -0.25) is 10.1 Å². The van der Waals surface area contributed by atoms with Crippen LogP contribution in [0.2, 0.25) is 0 Å². The van der Waals surface area contributed by atoms with E-state index in [0.29, 0.717) is 17.1 Å². The highest BCUT2D eigenvalue weighted by Crippen LogP contribution is 2.40. The minimum Gasteiger partial charge on any atom is -0.475 e. The van der Waals surface area contributed by atoms with Gasteiger partial charge in [-0.2, -0.15) is 5.26 Å². The zero-order valence-electron chi connectivity index (χ0n) is 13.2. The zero-order chi connectivity index (χ0) is 18.0. The molecular formula is C17H13N3O5. The number of nitro groups is 1. The molecule has 0 saturated heterocycles. The Bertz CT molecular complexity index is 890. The fourth-order valence-electron chi connectivity index (χ4n) is 2.68. The van der Waals surface area contributed by atoms with Crippen molar-refractivity contribution >= 4 is 23.0 Å². The summed E-state index contributed by atoms with van der Waals surface area (Å²) in [6.45, 7) is 0.121. The molecule has 0 N–H and O–H groups in total. The molecule has 0 aliphatic carbocycles. The molecule has 1 aliphatic heterocycles. The van der Waals surface area contributed by atoms with E-state index in [4.69, 9.17) is 9.47 Å². The van der Waals surface area contributed by atoms with Crippen molar-refractivity contribution in [3.63, 3.8) is 0 Å². The number of carbonyl (C=O) groups is 1. The second kappa shape index (κ2) is 6.49. The van der Waals surface area contributed by atoms with Gasteiger partial charge in [-0.05, 0) is 18.2 Å². The minimum absolute atomic E-state index is 0.121. The van der Waals surface area contributed by atoms with Crippen LogP contribution in [0.1, 0.15) is 5.56 Å². The van der Waals surface area contributed by atoms with Crippen LogP contribution in [0.5, 0.6) is 5.75 Å². The molecular weight excluding hydrogens is 326 g/mol. The lowest BCUT2D eigenvalue weighted by Crippen LogP contribution is -2.43. The summed E-state index contributed by atoms with van der Waals surface area (Å²) in [5, 5.41) is 20.3. The maximum Gasteiger partial charge on any atom is 0.348 e. The van der Waals surface area contributed by atoms with Gasteiger partial charge in [0, 0.05) is 12.1 Å². The Balaban J connectivity index is 2.10. The van der Waals surface area contributed by atoms with Crippen molar-refractivity contribution in [1.82, 2.24) is 0 Å². The second-order valence-electron chi connectivity index (χ2n) is 5.28. The number of nitrogens with zero attached hydrogens (tertiary/aromatic N) is 3. The van der Waals surface area contributed by atoms with Crippen molar-refractivity contribution in [3.05, 3.63) is 58.1 Å². The Hall–Kier alpha value is -3.60. The molecule has 8 heteroatoms. The topological polar surface area (TPSA) is 106 Å². The van der Waals surface area contributed by atoms with Crippen LogP contribution in [-0.4, -0.2) is 30.7 Å². The summed E-state index contributed by atoms with van der Waals surface area (Å²) < 4.78 is 10.4. The van der Waals surface area contributed by atoms with Crippen LogP contribution in [0, 0.1) is 21.4 Å². The highest BCUT2D eigenvalue weighted by molar-refractivity contribution is 5.82. The Kier molecular flexibility index (Phi) is 4.22. The van der Waals surface area contributed by atoms with Crippen molar-refractivity contribution in [2.24, 2.45) is 0 Å².